The van der Waals surface area contributed by atoms with E-state index in [-0.39, 0.29) is 0 Å². The van der Waals surface area contributed by atoms with Crippen LogP contribution >= 0.6 is 0 Å². The molecule has 0 saturated carbocycles. The van der Waals surface area contributed by atoms with E-state index in [0.717, 1.165) is 37.5 Å². The number of benzene rings is 1. The maximum absolute atomic E-state index is 13.0. The van der Waals surface area contributed by atoms with Crippen molar-refractivity contribution in [3.63, 3.8) is 0 Å². The van der Waals surface area contributed by atoms with Gasteiger partial charge in [0.2, 0.25) is 0 Å². The molecule has 0 radical (unpaired) electrons. The molecule has 0 aliphatic rings. The normalized spacial score (nSPS) is 11.8. The third-order valence-electron chi connectivity index (χ3n) is 3.45. The van der Waals surface area contributed by atoms with Crippen LogP contribution in [0, 0.1) is 11.6 Å². The summed E-state index contributed by atoms with van der Waals surface area (Å²) in [5, 5.41) is 0. The molecular formula is C16H26F2OSi. The van der Waals surface area contributed by atoms with Gasteiger partial charge in [0, 0.05) is 12.7 Å². The summed E-state index contributed by atoms with van der Waals surface area (Å²) >= 11 is 0. The van der Waals surface area contributed by atoms with Gasteiger partial charge in [-0.05, 0) is 56.6 Å². The van der Waals surface area contributed by atoms with E-state index in [2.05, 4.69) is 13.1 Å². The Bertz CT molecular complexity index is 387. The van der Waals surface area contributed by atoms with Gasteiger partial charge in [0.25, 0.3) is 0 Å². The smallest absolute Gasteiger partial charge is 0.186 e. The highest BCUT2D eigenvalue weighted by atomic mass is 28.4. The molecule has 0 fully saturated rings. The molecule has 0 atom stereocenters. The summed E-state index contributed by atoms with van der Waals surface area (Å²) in [5.74, 6) is -0.964. The van der Waals surface area contributed by atoms with Crippen LogP contribution in [0.2, 0.25) is 19.1 Å². The summed E-state index contributed by atoms with van der Waals surface area (Å²) in [6.07, 6.45) is 5.20. The number of hydrogen-bond acceptors (Lipinski definition) is 1. The van der Waals surface area contributed by atoms with E-state index >= 15 is 0 Å². The van der Waals surface area contributed by atoms with Gasteiger partial charge in [-0.15, -0.1) is 0 Å². The molecular weight excluding hydrogens is 274 g/mol. The minimum absolute atomic E-state index is 0.482. The third kappa shape index (κ3) is 7.15. The highest BCUT2D eigenvalue weighted by molar-refractivity contribution is 6.71. The van der Waals surface area contributed by atoms with Gasteiger partial charge in [0.05, 0.1) is 0 Å². The SMILES string of the molecule is CCO[Si](C)(C)CCCCCCc1cc(F)cc(F)c1. The molecule has 20 heavy (non-hydrogen) atoms. The Balaban J connectivity index is 2.16. The van der Waals surface area contributed by atoms with Gasteiger partial charge in [-0.2, -0.15) is 0 Å². The van der Waals surface area contributed by atoms with Crippen molar-refractivity contribution >= 4 is 8.32 Å². The first-order valence-corrected chi connectivity index (χ1v) is 10.6. The highest BCUT2D eigenvalue weighted by Gasteiger charge is 2.20. The van der Waals surface area contributed by atoms with Crippen LogP contribution < -0.4 is 0 Å². The van der Waals surface area contributed by atoms with Crippen molar-refractivity contribution in [2.75, 3.05) is 6.61 Å². The summed E-state index contributed by atoms with van der Waals surface area (Å²) in [4.78, 5) is 0. The molecule has 0 saturated heterocycles. The molecule has 0 aromatic heterocycles. The maximum atomic E-state index is 13.0. The van der Waals surface area contributed by atoms with E-state index < -0.39 is 20.0 Å². The fraction of sp³-hybridized carbons (Fsp3) is 0.625. The van der Waals surface area contributed by atoms with Gasteiger partial charge < -0.3 is 4.43 Å². The summed E-state index contributed by atoms with van der Waals surface area (Å²) in [6.45, 7) is 7.37. The molecule has 0 amide bonds. The molecule has 1 nitrogen and oxygen atoms in total. The molecule has 4 heteroatoms. The van der Waals surface area contributed by atoms with Crippen LogP contribution in [0.15, 0.2) is 18.2 Å². The largest absolute Gasteiger partial charge is 0.418 e. The van der Waals surface area contributed by atoms with Gasteiger partial charge in [-0.25, -0.2) is 8.78 Å². The zero-order valence-corrected chi connectivity index (χ0v) is 13.8. The first-order valence-electron chi connectivity index (χ1n) is 7.52. The molecule has 1 aromatic rings. The minimum Gasteiger partial charge on any atom is -0.418 e. The van der Waals surface area contributed by atoms with E-state index in [1.165, 1.54) is 31.0 Å². The van der Waals surface area contributed by atoms with Crippen molar-refractivity contribution < 1.29 is 13.2 Å². The fourth-order valence-electron chi connectivity index (χ4n) is 2.45. The van der Waals surface area contributed by atoms with Crippen molar-refractivity contribution in [1.82, 2.24) is 0 Å². The molecule has 0 aliphatic carbocycles. The second kappa shape index (κ2) is 8.52. The summed E-state index contributed by atoms with van der Waals surface area (Å²) in [5.41, 5.74) is 0.756. The number of halogens is 2. The van der Waals surface area contributed by atoms with Crippen LogP contribution in [0.25, 0.3) is 0 Å². The lowest BCUT2D eigenvalue weighted by Gasteiger charge is -2.21. The average Bonchev–Trinajstić information content (AvgIpc) is 2.32. The topological polar surface area (TPSA) is 9.23 Å². The number of aryl methyl sites for hydroxylation is 1. The fourth-order valence-corrected chi connectivity index (χ4v) is 4.48. The molecule has 0 aliphatic heterocycles. The highest BCUT2D eigenvalue weighted by Crippen LogP contribution is 2.17. The van der Waals surface area contributed by atoms with Gasteiger partial charge in [0.15, 0.2) is 8.32 Å². The second-order valence-electron chi connectivity index (χ2n) is 5.88. The van der Waals surface area contributed by atoms with Crippen molar-refractivity contribution in [2.45, 2.75) is 58.2 Å². The monoisotopic (exact) mass is 300 g/mol. The predicted molar refractivity (Wildman–Crippen MR) is 82.4 cm³/mol. The molecule has 114 valence electrons. The Kier molecular flexibility index (Phi) is 7.38. The summed E-state index contributed by atoms with van der Waals surface area (Å²) < 4.78 is 31.8. The zero-order chi connectivity index (χ0) is 15.0. The second-order valence-corrected chi connectivity index (χ2v) is 10.2. The lowest BCUT2D eigenvalue weighted by Crippen LogP contribution is -2.29. The zero-order valence-electron chi connectivity index (χ0n) is 12.8. The first-order chi connectivity index (χ1) is 9.43. The Labute approximate surface area is 122 Å². The Morgan fingerprint density at radius 2 is 1.55 bits per heavy atom. The van der Waals surface area contributed by atoms with Crippen molar-refractivity contribution in [2.24, 2.45) is 0 Å². The lowest BCUT2D eigenvalue weighted by molar-refractivity contribution is 0.327. The molecule has 0 bridgehead atoms. The van der Waals surface area contributed by atoms with Crippen LogP contribution in [0.1, 0.15) is 38.2 Å². The lowest BCUT2D eigenvalue weighted by atomic mass is 10.1. The molecule has 0 N–H and O–H groups in total. The van der Waals surface area contributed by atoms with E-state index in [0.29, 0.717) is 0 Å². The van der Waals surface area contributed by atoms with Gasteiger partial charge in [0.1, 0.15) is 11.6 Å². The van der Waals surface area contributed by atoms with Gasteiger partial charge in [-0.3, -0.25) is 0 Å². The van der Waals surface area contributed by atoms with Crippen molar-refractivity contribution in [3.8, 4) is 0 Å². The average molecular weight is 300 g/mol. The first kappa shape index (κ1) is 17.3. The van der Waals surface area contributed by atoms with E-state index in [9.17, 15) is 8.78 Å². The predicted octanol–water partition coefficient (Wildman–Crippen LogP) is 5.31. The van der Waals surface area contributed by atoms with Crippen LogP contribution in [0.4, 0.5) is 8.78 Å². The van der Waals surface area contributed by atoms with Crippen molar-refractivity contribution in [1.29, 1.82) is 0 Å². The van der Waals surface area contributed by atoms with Crippen LogP contribution in [-0.4, -0.2) is 14.9 Å². The number of hydrogen-bond donors (Lipinski definition) is 0. The van der Waals surface area contributed by atoms with Gasteiger partial charge in [-0.1, -0.05) is 19.3 Å². The van der Waals surface area contributed by atoms with Crippen LogP contribution in [0.3, 0.4) is 0 Å². The maximum Gasteiger partial charge on any atom is 0.186 e. The molecule has 1 aromatic carbocycles. The third-order valence-corrected chi connectivity index (χ3v) is 6.08. The molecule has 0 spiro atoms. The summed E-state index contributed by atoms with van der Waals surface area (Å²) in [7, 11) is -1.44. The van der Waals surface area contributed by atoms with Crippen LogP contribution in [-0.2, 0) is 10.8 Å². The standard InChI is InChI=1S/C16H26F2OSi/c1-4-19-20(2,3)10-8-6-5-7-9-14-11-15(17)13-16(18)12-14/h11-13H,4-10H2,1-3H3. The Morgan fingerprint density at radius 3 is 2.15 bits per heavy atom. The summed E-state index contributed by atoms with van der Waals surface area (Å²) in [6, 6.07) is 4.96. The van der Waals surface area contributed by atoms with E-state index in [1.807, 2.05) is 6.92 Å². The Hall–Kier alpha value is -0.743. The minimum atomic E-state index is -1.44. The molecule has 1 rings (SSSR count). The molecule has 0 heterocycles. The van der Waals surface area contributed by atoms with Crippen LogP contribution in [0.5, 0.6) is 0 Å². The number of unbranched alkanes of at least 4 members (excludes halogenated alkanes) is 3. The van der Waals surface area contributed by atoms with Crippen molar-refractivity contribution in [3.05, 3.63) is 35.4 Å². The Morgan fingerprint density at radius 1 is 0.950 bits per heavy atom. The van der Waals surface area contributed by atoms with Gasteiger partial charge >= 0.3 is 0 Å². The number of rotatable bonds is 9. The quantitative estimate of drug-likeness (QED) is 0.443. The molecule has 0 unspecified atom stereocenters. The van der Waals surface area contributed by atoms with E-state index in [4.69, 9.17) is 4.43 Å². The van der Waals surface area contributed by atoms with E-state index in [1.54, 1.807) is 0 Å².